The Balaban J connectivity index is 1.56. The Hall–Kier alpha value is -2.04. The van der Waals surface area contributed by atoms with Gasteiger partial charge in [0.1, 0.15) is 11.5 Å². The van der Waals surface area contributed by atoms with Gasteiger partial charge in [-0.15, -0.1) is 0 Å². The molecule has 0 aromatic heterocycles. The molecule has 26 heavy (non-hydrogen) atoms. The molecule has 4 nitrogen and oxygen atoms in total. The van der Waals surface area contributed by atoms with Crippen molar-refractivity contribution in [3.8, 4) is 11.5 Å². The Kier molecular flexibility index (Phi) is 6.17. The molecular weight excluding hydrogens is 324 g/mol. The summed E-state index contributed by atoms with van der Waals surface area (Å²) in [5, 5.41) is 20.2. The van der Waals surface area contributed by atoms with Crippen LogP contribution in [0.25, 0.3) is 0 Å². The third-order valence-electron chi connectivity index (χ3n) is 5.36. The summed E-state index contributed by atoms with van der Waals surface area (Å²) in [5.41, 5.74) is 4.57. The van der Waals surface area contributed by atoms with Crippen molar-refractivity contribution in [2.45, 2.75) is 39.8 Å². The third-order valence-corrected chi connectivity index (χ3v) is 5.36. The SMILES string of the molecule is CCc1ccc(O)c(CN2CCN(Cc3cc(CC)ccc3O)CC2)c1. The quantitative estimate of drug-likeness (QED) is 0.833. The van der Waals surface area contributed by atoms with Crippen molar-refractivity contribution in [2.75, 3.05) is 26.2 Å². The Bertz CT molecular complexity index is 673. The van der Waals surface area contributed by atoms with Gasteiger partial charge in [-0.1, -0.05) is 38.1 Å². The molecule has 1 heterocycles. The van der Waals surface area contributed by atoms with Gasteiger partial charge in [0.25, 0.3) is 0 Å². The highest BCUT2D eigenvalue weighted by Crippen LogP contribution is 2.23. The van der Waals surface area contributed by atoms with E-state index in [-0.39, 0.29) is 0 Å². The van der Waals surface area contributed by atoms with Gasteiger partial charge < -0.3 is 10.2 Å². The lowest BCUT2D eigenvalue weighted by atomic mass is 10.1. The largest absolute Gasteiger partial charge is 0.508 e. The van der Waals surface area contributed by atoms with Crippen molar-refractivity contribution in [2.24, 2.45) is 0 Å². The lowest BCUT2D eigenvalue weighted by Crippen LogP contribution is -2.45. The summed E-state index contributed by atoms with van der Waals surface area (Å²) in [4.78, 5) is 4.79. The van der Waals surface area contributed by atoms with Gasteiger partial charge in [0, 0.05) is 50.4 Å². The molecule has 1 fully saturated rings. The smallest absolute Gasteiger partial charge is 0.120 e. The van der Waals surface area contributed by atoms with Crippen LogP contribution in [0.5, 0.6) is 11.5 Å². The van der Waals surface area contributed by atoms with E-state index in [0.29, 0.717) is 11.5 Å². The second-order valence-electron chi connectivity index (χ2n) is 7.19. The van der Waals surface area contributed by atoms with Gasteiger partial charge in [0.15, 0.2) is 0 Å². The number of nitrogens with zero attached hydrogens (tertiary/aromatic N) is 2. The second-order valence-corrected chi connectivity index (χ2v) is 7.19. The van der Waals surface area contributed by atoms with E-state index < -0.39 is 0 Å². The van der Waals surface area contributed by atoms with E-state index in [1.165, 1.54) is 11.1 Å². The average Bonchev–Trinajstić information content (AvgIpc) is 2.66. The normalized spacial score (nSPS) is 16.1. The lowest BCUT2D eigenvalue weighted by Gasteiger charge is -2.35. The minimum absolute atomic E-state index is 0.394. The van der Waals surface area contributed by atoms with E-state index in [9.17, 15) is 10.2 Å². The molecule has 0 atom stereocenters. The Labute approximate surface area is 156 Å². The predicted molar refractivity (Wildman–Crippen MR) is 106 cm³/mol. The fourth-order valence-corrected chi connectivity index (χ4v) is 3.56. The van der Waals surface area contributed by atoms with Crippen LogP contribution in [0, 0.1) is 0 Å². The fraction of sp³-hybridized carbons (Fsp3) is 0.455. The van der Waals surface area contributed by atoms with E-state index in [1.54, 1.807) is 0 Å². The Morgan fingerprint density at radius 3 is 1.42 bits per heavy atom. The molecule has 0 aliphatic carbocycles. The van der Waals surface area contributed by atoms with Gasteiger partial charge in [0.05, 0.1) is 0 Å². The average molecular weight is 354 g/mol. The predicted octanol–water partition coefficient (Wildman–Crippen LogP) is 3.54. The molecule has 1 aliphatic heterocycles. The number of aromatic hydroxyl groups is 2. The van der Waals surface area contributed by atoms with Crippen LogP contribution in [-0.4, -0.2) is 46.2 Å². The molecule has 0 unspecified atom stereocenters. The number of hydrogen-bond donors (Lipinski definition) is 2. The van der Waals surface area contributed by atoms with Crippen molar-refractivity contribution >= 4 is 0 Å². The number of piperazine rings is 1. The zero-order chi connectivity index (χ0) is 18.5. The maximum atomic E-state index is 10.1. The molecule has 0 radical (unpaired) electrons. The molecule has 2 aromatic carbocycles. The number of hydrogen-bond acceptors (Lipinski definition) is 4. The van der Waals surface area contributed by atoms with E-state index in [0.717, 1.165) is 63.2 Å². The number of benzene rings is 2. The third kappa shape index (κ3) is 4.57. The Morgan fingerprint density at radius 2 is 1.08 bits per heavy atom. The van der Waals surface area contributed by atoms with Gasteiger partial charge in [-0.2, -0.15) is 0 Å². The molecule has 4 heteroatoms. The standard InChI is InChI=1S/C22H30N2O2/c1-3-17-5-7-21(25)19(13-17)15-23-9-11-24(12-10-23)16-20-14-18(4-2)6-8-22(20)26/h5-8,13-14,25-26H,3-4,9-12,15-16H2,1-2H3. The molecule has 0 bridgehead atoms. The molecule has 0 amide bonds. The Morgan fingerprint density at radius 1 is 0.692 bits per heavy atom. The first-order valence-electron chi connectivity index (χ1n) is 9.65. The summed E-state index contributed by atoms with van der Waals surface area (Å²) in [6.45, 7) is 9.77. The van der Waals surface area contributed by atoms with Crippen molar-refractivity contribution in [3.05, 3.63) is 58.7 Å². The number of rotatable bonds is 6. The highest BCUT2D eigenvalue weighted by atomic mass is 16.3. The summed E-state index contributed by atoms with van der Waals surface area (Å²) in [5.74, 6) is 0.789. The van der Waals surface area contributed by atoms with Gasteiger partial charge in [-0.05, 0) is 36.1 Å². The number of aryl methyl sites for hydroxylation is 2. The van der Waals surface area contributed by atoms with Gasteiger partial charge in [-0.25, -0.2) is 0 Å². The first-order valence-corrected chi connectivity index (χ1v) is 9.65. The van der Waals surface area contributed by atoms with E-state index in [1.807, 2.05) is 24.3 Å². The van der Waals surface area contributed by atoms with Gasteiger partial charge in [0.2, 0.25) is 0 Å². The van der Waals surface area contributed by atoms with Crippen molar-refractivity contribution < 1.29 is 10.2 Å². The molecular formula is C22H30N2O2. The summed E-state index contributed by atoms with van der Waals surface area (Å²) in [7, 11) is 0. The highest BCUT2D eigenvalue weighted by molar-refractivity contribution is 5.37. The van der Waals surface area contributed by atoms with Crippen LogP contribution in [0.4, 0.5) is 0 Å². The topological polar surface area (TPSA) is 46.9 Å². The zero-order valence-electron chi connectivity index (χ0n) is 15.9. The van der Waals surface area contributed by atoms with E-state index >= 15 is 0 Å². The highest BCUT2D eigenvalue weighted by Gasteiger charge is 2.19. The first-order chi connectivity index (χ1) is 12.6. The molecule has 140 valence electrons. The van der Waals surface area contributed by atoms with E-state index in [4.69, 9.17) is 0 Å². The van der Waals surface area contributed by atoms with Crippen molar-refractivity contribution in [1.29, 1.82) is 0 Å². The van der Waals surface area contributed by atoms with Crippen LogP contribution in [0.2, 0.25) is 0 Å². The summed E-state index contributed by atoms with van der Waals surface area (Å²) < 4.78 is 0. The first kappa shape index (κ1) is 18.7. The number of phenolic OH excluding ortho intramolecular Hbond substituents is 2. The minimum Gasteiger partial charge on any atom is -0.508 e. The maximum absolute atomic E-state index is 10.1. The molecule has 1 aliphatic rings. The van der Waals surface area contributed by atoms with Gasteiger partial charge in [-0.3, -0.25) is 9.80 Å². The minimum atomic E-state index is 0.394. The molecule has 2 aromatic rings. The van der Waals surface area contributed by atoms with Crippen LogP contribution < -0.4 is 0 Å². The van der Waals surface area contributed by atoms with Crippen molar-refractivity contribution in [1.82, 2.24) is 9.80 Å². The molecule has 3 rings (SSSR count). The van der Waals surface area contributed by atoms with Crippen LogP contribution in [0.3, 0.4) is 0 Å². The van der Waals surface area contributed by atoms with Crippen molar-refractivity contribution in [3.63, 3.8) is 0 Å². The monoisotopic (exact) mass is 354 g/mol. The number of phenols is 2. The van der Waals surface area contributed by atoms with Crippen LogP contribution in [0.15, 0.2) is 36.4 Å². The second kappa shape index (κ2) is 8.56. The molecule has 2 N–H and O–H groups in total. The fourth-order valence-electron chi connectivity index (χ4n) is 3.56. The summed E-state index contributed by atoms with van der Waals surface area (Å²) in [6, 6.07) is 11.9. The molecule has 1 saturated heterocycles. The van der Waals surface area contributed by atoms with Gasteiger partial charge >= 0.3 is 0 Å². The van der Waals surface area contributed by atoms with Crippen LogP contribution in [-0.2, 0) is 25.9 Å². The van der Waals surface area contributed by atoms with Crippen LogP contribution >= 0.6 is 0 Å². The lowest BCUT2D eigenvalue weighted by molar-refractivity contribution is 0.120. The van der Waals surface area contributed by atoms with E-state index in [2.05, 4.69) is 35.8 Å². The zero-order valence-corrected chi connectivity index (χ0v) is 15.9. The maximum Gasteiger partial charge on any atom is 0.120 e. The molecule has 0 spiro atoms. The van der Waals surface area contributed by atoms with Crippen LogP contribution in [0.1, 0.15) is 36.1 Å². The summed E-state index contributed by atoms with van der Waals surface area (Å²) in [6.07, 6.45) is 1.97. The molecule has 0 saturated carbocycles. The summed E-state index contributed by atoms with van der Waals surface area (Å²) >= 11 is 0.